The van der Waals surface area contributed by atoms with E-state index in [9.17, 15) is 4.79 Å². The number of hydrogen-bond acceptors (Lipinski definition) is 5. The number of fused-ring (bicyclic) bond motifs is 1. The number of hydrogen-bond donors (Lipinski definition) is 1. The van der Waals surface area contributed by atoms with Crippen LogP contribution >= 0.6 is 0 Å². The zero-order chi connectivity index (χ0) is 18.5. The van der Waals surface area contributed by atoms with Crippen LogP contribution in [0.5, 0.6) is 11.5 Å². The first-order chi connectivity index (χ1) is 12.7. The minimum absolute atomic E-state index is 0.197. The highest BCUT2D eigenvalue weighted by atomic mass is 16.5. The Labute approximate surface area is 153 Å². The molecular formula is C20H23N3O3. The predicted octanol–water partition coefficient (Wildman–Crippen LogP) is 2.58. The van der Waals surface area contributed by atoms with Crippen molar-refractivity contribution >= 4 is 11.6 Å². The smallest absolute Gasteiger partial charge is 0.270 e. The number of anilines is 1. The van der Waals surface area contributed by atoms with Gasteiger partial charge in [0.05, 0.1) is 26.1 Å². The van der Waals surface area contributed by atoms with Crippen molar-refractivity contribution in [2.45, 2.75) is 13.0 Å². The molecule has 1 aliphatic heterocycles. The molecule has 6 nitrogen and oxygen atoms in total. The molecule has 1 aromatic heterocycles. The summed E-state index contributed by atoms with van der Waals surface area (Å²) in [6.45, 7) is 5.66. The second-order valence-electron chi connectivity index (χ2n) is 6.05. The van der Waals surface area contributed by atoms with E-state index in [0.717, 1.165) is 36.7 Å². The van der Waals surface area contributed by atoms with Crippen LogP contribution < -0.4 is 19.7 Å². The number of ether oxygens (including phenoxy) is 2. The number of methoxy groups -OCH3 is 2. The topological polar surface area (TPSA) is 63.7 Å². The van der Waals surface area contributed by atoms with Crippen LogP contribution in [0.25, 0.3) is 0 Å². The summed E-state index contributed by atoms with van der Waals surface area (Å²) in [7, 11) is 3.29. The van der Waals surface area contributed by atoms with Gasteiger partial charge >= 0.3 is 0 Å². The monoisotopic (exact) mass is 353 g/mol. The fourth-order valence-corrected chi connectivity index (χ4v) is 3.07. The Bertz CT molecular complexity index is 803. The van der Waals surface area contributed by atoms with Gasteiger partial charge in [-0.05, 0) is 41.8 Å². The van der Waals surface area contributed by atoms with Gasteiger partial charge in [-0.1, -0.05) is 6.08 Å². The summed E-state index contributed by atoms with van der Waals surface area (Å²) in [6.07, 6.45) is 4.30. The fraction of sp³-hybridized carbons (Fsp3) is 0.300. The van der Waals surface area contributed by atoms with Crippen molar-refractivity contribution in [3.63, 3.8) is 0 Å². The summed E-state index contributed by atoms with van der Waals surface area (Å²) >= 11 is 0. The molecule has 1 aliphatic rings. The van der Waals surface area contributed by atoms with Crippen LogP contribution in [0.15, 0.2) is 43.1 Å². The molecule has 6 heteroatoms. The lowest BCUT2D eigenvalue weighted by Gasteiger charge is -2.31. The Hall–Kier alpha value is -3.02. The Morgan fingerprint density at radius 1 is 1.27 bits per heavy atom. The molecule has 2 heterocycles. The molecule has 0 atom stereocenters. The maximum Gasteiger partial charge on any atom is 0.270 e. The van der Waals surface area contributed by atoms with Crippen molar-refractivity contribution in [2.24, 2.45) is 0 Å². The van der Waals surface area contributed by atoms with Crippen molar-refractivity contribution < 1.29 is 14.3 Å². The minimum Gasteiger partial charge on any atom is -0.493 e. The molecule has 0 saturated carbocycles. The molecule has 3 rings (SSSR count). The average Bonchev–Trinajstić information content (AvgIpc) is 2.70. The van der Waals surface area contributed by atoms with E-state index in [-0.39, 0.29) is 5.91 Å². The van der Waals surface area contributed by atoms with Crippen LogP contribution in [0, 0.1) is 0 Å². The highest BCUT2D eigenvalue weighted by Gasteiger charge is 2.20. The van der Waals surface area contributed by atoms with Crippen LogP contribution in [0.2, 0.25) is 0 Å². The number of rotatable bonds is 6. The second-order valence-corrected chi connectivity index (χ2v) is 6.05. The van der Waals surface area contributed by atoms with E-state index in [4.69, 9.17) is 9.47 Å². The Balaban J connectivity index is 1.76. The van der Waals surface area contributed by atoms with E-state index in [1.165, 1.54) is 11.1 Å². The van der Waals surface area contributed by atoms with Crippen LogP contribution in [0.1, 0.15) is 21.6 Å². The lowest BCUT2D eigenvalue weighted by molar-refractivity contribution is 0.0953. The third-order valence-corrected chi connectivity index (χ3v) is 4.47. The largest absolute Gasteiger partial charge is 0.493 e. The molecular weight excluding hydrogens is 330 g/mol. The van der Waals surface area contributed by atoms with E-state index in [1.54, 1.807) is 32.6 Å². The molecule has 0 bridgehead atoms. The van der Waals surface area contributed by atoms with Crippen molar-refractivity contribution in [1.82, 2.24) is 10.3 Å². The highest BCUT2D eigenvalue weighted by molar-refractivity contribution is 5.92. The van der Waals surface area contributed by atoms with Gasteiger partial charge < -0.3 is 19.7 Å². The van der Waals surface area contributed by atoms with Crippen LogP contribution in [0.3, 0.4) is 0 Å². The number of benzene rings is 1. The van der Waals surface area contributed by atoms with Gasteiger partial charge in [-0.3, -0.25) is 4.79 Å². The van der Waals surface area contributed by atoms with Gasteiger partial charge in [-0.25, -0.2) is 4.98 Å². The van der Waals surface area contributed by atoms with Gasteiger partial charge in [0.15, 0.2) is 11.5 Å². The molecule has 1 amide bonds. The lowest BCUT2D eigenvalue weighted by Crippen LogP contribution is -2.30. The molecule has 0 fully saturated rings. The zero-order valence-electron chi connectivity index (χ0n) is 15.1. The van der Waals surface area contributed by atoms with Gasteiger partial charge in [0.1, 0.15) is 5.69 Å². The predicted molar refractivity (Wildman–Crippen MR) is 101 cm³/mol. The van der Waals surface area contributed by atoms with Gasteiger partial charge in [-0.15, -0.1) is 6.58 Å². The number of carbonyl (C=O) groups is 1. The quantitative estimate of drug-likeness (QED) is 0.809. The van der Waals surface area contributed by atoms with E-state index >= 15 is 0 Å². The molecule has 0 radical (unpaired) electrons. The van der Waals surface area contributed by atoms with Crippen LogP contribution in [0.4, 0.5) is 5.69 Å². The SMILES string of the molecule is C=CCNC(=O)c1ccc(N2CCc3cc(OC)c(OC)cc3C2)cn1. The molecule has 1 N–H and O–H groups in total. The second kappa shape index (κ2) is 7.91. The summed E-state index contributed by atoms with van der Waals surface area (Å²) in [6, 6.07) is 7.76. The number of aromatic nitrogens is 1. The summed E-state index contributed by atoms with van der Waals surface area (Å²) in [5.41, 5.74) is 3.87. The normalized spacial score (nSPS) is 12.9. The number of carbonyl (C=O) groups excluding carboxylic acids is 1. The van der Waals surface area contributed by atoms with E-state index in [1.807, 2.05) is 12.1 Å². The van der Waals surface area contributed by atoms with Gasteiger partial charge in [0.25, 0.3) is 5.91 Å². The Kier molecular flexibility index (Phi) is 5.41. The first kappa shape index (κ1) is 17.8. The first-order valence-electron chi connectivity index (χ1n) is 8.50. The molecule has 1 aromatic carbocycles. The number of nitrogens with one attached hydrogen (secondary N) is 1. The molecule has 136 valence electrons. The summed E-state index contributed by atoms with van der Waals surface area (Å²) in [5.74, 6) is 1.30. The maximum atomic E-state index is 11.9. The van der Waals surface area contributed by atoms with E-state index in [0.29, 0.717) is 12.2 Å². The molecule has 0 saturated heterocycles. The van der Waals surface area contributed by atoms with Gasteiger partial charge in [0.2, 0.25) is 0 Å². The molecule has 2 aromatic rings. The van der Waals surface area contributed by atoms with Gasteiger partial charge in [0, 0.05) is 19.6 Å². The molecule has 0 unspecified atom stereocenters. The number of nitrogens with zero attached hydrogens (tertiary/aromatic N) is 2. The summed E-state index contributed by atoms with van der Waals surface area (Å²) in [5, 5.41) is 2.73. The van der Waals surface area contributed by atoms with Crippen molar-refractivity contribution in [3.05, 3.63) is 59.9 Å². The van der Waals surface area contributed by atoms with Gasteiger partial charge in [-0.2, -0.15) is 0 Å². The maximum absolute atomic E-state index is 11.9. The molecule has 0 spiro atoms. The van der Waals surface area contributed by atoms with Crippen molar-refractivity contribution in [1.29, 1.82) is 0 Å². The fourth-order valence-electron chi connectivity index (χ4n) is 3.07. The average molecular weight is 353 g/mol. The lowest BCUT2D eigenvalue weighted by atomic mass is 9.98. The first-order valence-corrected chi connectivity index (χ1v) is 8.50. The number of amides is 1. The van der Waals surface area contributed by atoms with E-state index in [2.05, 4.69) is 27.8 Å². The van der Waals surface area contributed by atoms with E-state index < -0.39 is 0 Å². The summed E-state index contributed by atoms with van der Waals surface area (Å²) in [4.78, 5) is 18.5. The third-order valence-electron chi connectivity index (χ3n) is 4.47. The van der Waals surface area contributed by atoms with Crippen LogP contribution in [-0.2, 0) is 13.0 Å². The molecule has 26 heavy (non-hydrogen) atoms. The highest BCUT2D eigenvalue weighted by Crippen LogP contribution is 2.34. The zero-order valence-corrected chi connectivity index (χ0v) is 15.1. The van der Waals surface area contributed by atoms with Crippen LogP contribution in [-0.4, -0.2) is 38.2 Å². The van der Waals surface area contributed by atoms with Crippen molar-refractivity contribution in [3.8, 4) is 11.5 Å². The third kappa shape index (κ3) is 3.64. The molecule has 0 aliphatic carbocycles. The standard InChI is InChI=1S/C20H23N3O3/c1-4-8-21-20(24)17-6-5-16(12-22-17)23-9-7-14-10-18(25-2)19(26-3)11-15(14)13-23/h4-6,10-12H,1,7-9,13H2,2-3H3,(H,21,24). The van der Waals surface area contributed by atoms with Crippen molar-refractivity contribution in [2.75, 3.05) is 32.2 Å². The Morgan fingerprint density at radius 2 is 2.00 bits per heavy atom. The number of pyridine rings is 1. The summed E-state index contributed by atoms with van der Waals surface area (Å²) < 4.78 is 10.8. The minimum atomic E-state index is -0.197. The Morgan fingerprint density at radius 3 is 2.62 bits per heavy atom.